The van der Waals surface area contributed by atoms with E-state index in [9.17, 15) is 13.2 Å². The van der Waals surface area contributed by atoms with E-state index in [1.165, 1.54) is 9.87 Å². The Morgan fingerprint density at radius 3 is 2.56 bits per heavy atom. The van der Waals surface area contributed by atoms with Crippen LogP contribution in [0.15, 0.2) is 42.5 Å². The van der Waals surface area contributed by atoms with Crippen LogP contribution in [0, 0.1) is 13.8 Å². The number of rotatable bonds is 4. The van der Waals surface area contributed by atoms with E-state index in [1.807, 2.05) is 39.0 Å². The first-order valence-electron chi connectivity index (χ1n) is 8.77. The van der Waals surface area contributed by atoms with Crippen molar-refractivity contribution in [1.82, 2.24) is 5.32 Å². The molecule has 7 heteroatoms. The summed E-state index contributed by atoms with van der Waals surface area (Å²) in [7, 11) is -3.52. The smallest absolute Gasteiger partial charge is 0.263 e. The molecule has 2 aromatic carbocycles. The summed E-state index contributed by atoms with van der Waals surface area (Å²) < 4.78 is 31.3. The first kappa shape index (κ1) is 19.2. The fourth-order valence-electron chi connectivity index (χ4n) is 3.08. The highest BCUT2D eigenvalue weighted by molar-refractivity contribution is 7.92. The average molecular weight is 388 g/mol. The lowest BCUT2D eigenvalue weighted by Gasteiger charge is -2.34. The van der Waals surface area contributed by atoms with E-state index in [2.05, 4.69) is 5.32 Å². The van der Waals surface area contributed by atoms with Crippen LogP contribution >= 0.6 is 0 Å². The van der Waals surface area contributed by atoms with Gasteiger partial charge in [0.2, 0.25) is 10.0 Å². The van der Waals surface area contributed by atoms with Crippen LogP contribution in [0.3, 0.4) is 0 Å². The van der Waals surface area contributed by atoms with Crippen molar-refractivity contribution in [3.63, 3.8) is 0 Å². The summed E-state index contributed by atoms with van der Waals surface area (Å²) >= 11 is 0. The molecule has 0 fully saturated rings. The number of fused-ring (bicyclic) bond motifs is 1. The summed E-state index contributed by atoms with van der Waals surface area (Å²) in [6, 6.07) is 12.6. The summed E-state index contributed by atoms with van der Waals surface area (Å²) in [4.78, 5) is 12.8. The molecule has 0 bridgehead atoms. The van der Waals surface area contributed by atoms with E-state index in [0.717, 1.165) is 17.4 Å². The molecule has 3 rings (SSSR count). The third-order valence-electron chi connectivity index (χ3n) is 4.82. The van der Waals surface area contributed by atoms with Crippen molar-refractivity contribution in [2.75, 3.05) is 17.1 Å². The summed E-state index contributed by atoms with van der Waals surface area (Å²) in [6.45, 7) is 5.91. The number of carbonyl (C=O) groups excluding carboxylic acids is 1. The topological polar surface area (TPSA) is 75.7 Å². The van der Waals surface area contributed by atoms with Crippen molar-refractivity contribution in [3.8, 4) is 5.75 Å². The van der Waals surface area contributed by atoms with Gasteiger partial charge in [-0.25, -0.2) is 8.42 Å². The highest BCUT2D eigenvalue weighted by Crippen LogP contribution is 2.34. The van der Waals surface area contributed by atoms with Gasteiger partial charge in [-0.15, -0.1) is 0 Å². The van der Waals surface area contributed by atoms with Gasteiger partial charge in [-0.05, 0) is 49.6 Å². The van der Waals surface area contributed by atoms with Gasteiger partial charge in [-0.2, -0.15) is 0 Å². The zero-order chi connectivity index (χ0) is 19.8. The van der Waals surface area contributed by atoms with Crippen LogP contribution in [-0.2, 0) is 14.8 Å². The van der Waals surface area contributed by atoms with E-state index >= 15 is 0 Å². The summed E-state index contributed by atoms with van der Waals surface area (Å²) in [6.07, 6.45) is 0.213. The van der Waals surface area contributed by atoms with Crippen LogP contribution in [0.2, 0.25) is 0 Å². The monoisotopic (exact) mass is 388 g/mol. The molecule has 1 amide bonds. The molecule has 1 aliphatic rings. The van der Waals surface area contributed by atoms with Gasteiger partial charge in [0, 0.05) is 0 Å². The molecule has 0 aromatic heterocycles. The Morgan fingerprint density at radius 1 is 1.19 bits per heavy atom. The average Bonchev–Trinajstić information content (AvgIpc) is 2.62. The van der Waals surface area contributed by atoms with Gasteiger partial charge in [0.25, 0.3) is 5.91 Å². The van der Waals surface area contributed by atoms with Gasteiger partial charge < -0.3 is 10.1 Å². The number of hydrogen-bond donors (Lipinski definition) is 1. The number of anilines is 1. The molecule has 6 nitrogen and oxygen atoms in total. The molecule has 1 N–H and O–H groups in total. The first-order chi connectivity index (χ1) is 12.7. The second kappa shape index (κ2) is 7.23. The highest BCUT2D eigenvalue weighted by Gasteiger charge is 2.35. The van der Waals surface area contributed by atoms with Crippen molar-refractivity contribution in [3.05, 3.63) is 59.2 Å². The molecule has 0 aliphatic carbocycles. The maximum Gasteiger partial charge on any atom is 0.263 e. The van der Waals surface area contributed by atoms with E-state index in [0.29, 0.717) is 11.4 Å². The van der Waals surface area contributed by atoms with Gasteiger partial charge in [0.05, 0.1) is 24.5 Å². The Labute approximate surface area is 160 Å². The highest BCUT2D eigenvalue weighted by atomic mass is 32.2. The number of hydrogen-bond acceptors (Lipinski definition) is 4. The third kappa shape index (κ3) is 4.08. The van der Waals surface area contributed by atoms with Crippen molar-refractivity contribution < 1.29 is 17.9 Å². The maximum absolute atomic E-state index is 12.8. The number of nitrogens with one attached hydrogen (secondary N) is 1. The molecule has 0 saturated heterocycles. The van der Waals surface area contributed by atoms with Crippen molar-refractivity contribution in [1.29, 1.82) is 0 Å². The number of sulfonamides is 1. The van der Waals surface area contributed by atoms with Crippen LogP contribution in [0.25, 0.3) is 0 Å². The molecule has 0 radical (unpaired) electrons. The number of nitrogens with zero attached hydrogens (tertiary/aromatic N) is 1. The van der Waals surface area contributed by atoms with Crippen LogP contribution < -0.4 is 14.4 Å². The largest absolute Gasteiger partial charge is 0.476 e. The third-order valence-corrected chi connectivity index (χ3v) is 5.96. The minimum absolute atomic E-state index is 0.0542. The molecule has 0 spiro atoms. The van der Waals surface area contributed by atoms with E-state index in [1.54, 1.807) is 24.3 Å². The van der Waals surface area contributed by atoms with Gasteiger partial charge in [-0.1, -0.05) is 30.3 Å². The number of ether oxygens (including phenoxy) is 1. The zero-order valence-electron chi connectivity index (χ0n) is 15.9. The Bertz CT molecular complexity index is 972. The quantitative estimate of drug-likeness (QED) is 0.874. The molecular formula is C20H24N2O4S. The molecule has 27 heavy (non-hydrogen) atoms. The predicted molar refractivity (Wildman–Crippen MR) is 106 cm³/mol. The number of carbonyl (C=O) groups is 1. The van der Waals surface area contributed by atoms with Crippen LogP contribution in [0.5, 0.6) is 5.75 Å². The lowest BCUT2D eigenvalue weighted by Crippen LogP contribution is -2.50. The second-order valence-electron chi connectivity index (χ2n) is 6.94. The minimum Gasteiger partial charge on any atom is -0.476 e. The molecule has 2 atom stereocenters. The van der Waals surface area contributed by atoms with Gasteiger partial charge in [0.15, 0.2) is 6.10 Å². The number of para-hydroxylation sites is 2. The SMILES string of the molecule is Cc1ccc([C@H](C)NC(=O)[C@@H]2CN(S(C)(=O)=O)c3ccccc3O2)cc1C. The van der Waals surface area contributed by atoms with Gasteiger partial charge in [0.1, 0.15) is 5.75 Å². The maximum atomic E-state index is 12.8. The van der Waals surface area contributed by atoms with E-state index < -0.39 is 16.1 Å². The molecular weight excluding hydrogens is 364 g/mol. The standard InChI is InChI=1S/C20H24N2O4S/c1-13-9-10-16(11-14(13)2)15(3)21-20(23)19-12-22(27(4,24)25)17-7-5-6-8-18(17)26-19/h5-11,15,19H,12H2,1-4H3,(H,21,23)/t15-,19-/m0/s1. The van der Waals surface area contributed by atoms with Crippen LogP contribution in [0.1, 0.15) is 29.7 Å². The molecule has 0 saturated carbocycles. The predicted octanol–water partition coefficient (Wildman–Crippen LogP) is 2.71. The van der Waals surface area contributed by atoms with E-state index in [4.69, 9.17) is 4.74 Å². The summed E-state index contributed by atoms with van der Waals surface area (Å²) in [5.41, 5.74) is 3.78. The van der Waals surface area contributed by atoms with Crippen LogP contribution in [0.4, 0.5) is 5.69 Å². The number of aryl methyl sites for hydroxylation is 2. The zero-order valence-corrected chi connectivity index (χ0v) is 16.7. The van der Waals surface area contributed by atoms with Crippen LogP contribution in [-0.4, -0.2) is 33.2 Å². The Kier molecular flexibility index (Phi) is 5.15. The molecule has 0 unspecified atom stereocenters. The first-order valence-corrected chi connectivity index (χ1v) is 10.6. The fourth-order valence-corrected chi connectivity index (χ4v) is 3.99. The summed E-state index contributed by atoms with van der Waals surface area (Å²) in [5.74, 6) is 0.0389. The summed E-state index contributed by atoms with van der Waals surface area (Å²) in [5, 5.41) is 2.93. The molecule has 2 aromatic rings. The lowest BCUT2D eigenvalue weighted by atomic mass is 10.0. The lowest BCUT2D eigenvalue weighted by molar-refractivity contribution is -0.128. The Hall–Kier alpha value is -2.54. The van der Waals surface area contributed by atoms with E-state index in [-0.39, 0.29) is 18.5 Å². The second-order valence-corrected chi connectivity index (χ2v) is 8.85. The fraction of sp³-hybridized carbons (Fsp3) is 0.350. The van der Waals surface area contributed by atoms with Gasteiger partial charge in [-0.3, -0.25) is 9.10 Å². The molecule has 144 valence electrons. The van der Waals surface area contributed by atoms with Crippen molar-refractivity contribution in [2.45, 2.75) is 32.9 Å². The minimum atomic E-state index is -3.52. The molecule has 1 aliphatic heterocycles. The molecule has 1 heterocycles. The van der Waals surface area contributed by atoms with Crippen molar-refractivity contribution in [2.24, 2.45) is 0 Å². The number of benzene rings is 2. The normalized spacial score (nSPS) is 17.6. The number of amides is 1. The van der Waals surface area contributed by atoms with Gasteiger partial charge >= 0.3 is 0 Å². The Balaban J connectivity index is 1.80. The van der Waals surface area contributed by atoms with Crippen molar-refractivity contribution >= 4 is 21.6 Å². The Morgan fingerprint density at radius 2 is 1.89 bits per heavy atom.